The van der Waals surface area contributed by atoms with Gasteiger partial charge in [-0.05, 0) is 63.6 Å². The Morgan fingerprint density at radius 2 is 1.93 bits per heavy atom. The van der Waals surface area contributed by atoms with Crippen molar-refractivity contribution in [3.05, 3.63) is 53.2 Å². The number of nitrogens with two attached hydrogens (primary N) is 1. The number of pyridine rings is 1. The normalized spacial score (nSPS) is 21.9. The molecular formula is C31H43BrN6O4. The number of amides is 4. The number of carbonyl (C=O) groups is 4. The Bertz CT molecular complexity index is 1330. The number of nitrogens with one attached hydrogen (secondary N) is 2. The number of primary amides is 1. The maximum absolute atomic E-state index is 13.0. The van der Waals surface area contributed by atoms with E-state index in [1.54, 1.807) is 17.9 Å². The molecule has 2 saturated heterocycles. The highest BCUT2D eigenvalue weighted by molar-refractivity contribution is 9.10. The van der Waals surface area contributed by atoms with Crippen molar-refractivity contribution in [3.8, 4) is 0 Å². The Morgan fingerprint density at radius 1 is 1.24 bits per heavy atom. The molecule has 4 atom stereocenters. The second-order valence-electron chi connectivity index (χ2n) is 11.5. The van der Waals surface area contributed by atoms with Gasteiger partial charge in [0.05, 0.1) is 10.9 Å². The van der Waals surface area contributed by atoms with Crippen LogP contribution in [0.4, 0.5) is 0 Å². The number of aromatic nitrogens is 1. The number of likely N-dealkylation sites (tertiary alicyclic amines) is 1. The van der Waals surface area contributed by atoms with Gasteiger partial charge < -0.3 is 16.0 Å². The minimum Gasteiger partial charge on any atom is -0.368 e. The molecule has 4 amide bonds. The molecule has 0 radical (unpaired) electrons. The van der Waals surface area contributed by atoms with E-state index in [4.69, 9.17) is 5.73 Å². The fraction of sp³-hybridized carbons (Fsp3) is 0.516. The van der Waals surface area contributed by atoms with E-state index in [9.17, 15) is 19.2 Å². The van der Waals surface area contributed by atoms with Crippen molar-refractivity contribution >= 4 is 50.5 Å². The average molecular weight is 644 g/mol. The lowest BCUT2D eigenvalue weighted by Gasteiger charge is -2.35. The van der Waals surface area contributed by atoms with E-state index in [0.29, 0.717) is 32.4 Å². The third kappa shape index (κ3) is 7.74. The molecule has 3 heterocycles. The molecule has 0 saturated carbocycles. The fourth-order valence-electron chi connectivity index (χ4n) is 5.22. The Balaban J connectivity index is 0.000000307. The van der Waals surface area contributed by atoms with E-state index in [0.717, 1.165) is 22.1 Å². The van der Waals surface area contributed by atoms with Crippen LogP contribution in [0.3, 0.4) is 0 Å². The van der Waals surface area contributed by atoms with Gasteiger partial charge in [0.2, 0.25) is 17.7 Å². The number of carbonyl (C=O) groups excluding carboxylic acids is 4. The van der Waals surface area contributed by atoms with Gasteiger partial charge in [-0.15, -0.1) is 6.58 Å². The number of hydrazine groups is 1. The topological polar surface area (TPSA) is 138 Å². The summed E-state index contributed by atoms with van der Waals surface area (Å²) in [5, 5.41) is 5.27. The molecule has 1 aromatic heterocycles. The predicted molar refractivity (Wildman–Crippen MR) is 167 cm³/mol. The molecule has 11 heteroatoms. The molecule has 0 bridgehead atoms. The first kappa shape index (κ1) is 33.2. The first-order chi connectivity index (χ1) is 19.8. The van der Waals surface area contributed by atoms with Crippen molar-refractivity contribution in [1.29, 1.82) is 0 Å². The molecule has 228 valence electrons. The molecule has 1 aromatic carbocycles. The third-order valence-corrected chi connectivity index (χ3v) is 8.40. The highest BCUT2D eigenvalue weighted by atomic mass is 79.9. The minimum atomic E-state index is -0.814. The summed E-state index contributed by atoms with van der Waals surface area (Å²) >= 11 is 3.44. The van der Waals surface area contributed by atoms with Crippen LogP contribution in [-0.2, 0) is 25.6 Å². The summed E-state index contributed by atoms with van der Waals surface area (Å²) < 4.78 is 1.08. The molecule has 42 heavy (non-hydrogen) atoms. The van der Waals surface area contributed by atoms with Crippen LogP contribution in [-0.4, -0.2) is 69.7 Å². The molecule has 4 unspecified atom stereocenters. The molecule has 2 aromatic rings. The first-order valence-corrected chi connectivity index (χ1v) is 15.3. The van der Waals surface area contributed by atoms with Gasteiger partial charge in [-0.2, -0.15) is 0 Å². The van der Waals surface area contributed by atoms with Gasteiger partial charge in [0.1, 0.15) is 18.1 Å². The molecule has 2 aliphatic heterocycles. The zero-order valence-electron chi connectivity index (χ0n) is 25.2. The number of hydrogen-bond acceptors (Lipinski definition) is 6. The summed E-state index contributed by atoms with van der Waals surface area (Å²) in [6.45, 7) is 13.9. The van der Waals surface area contributed by atoms with Gasteiger partial charge in [0.15, 0.2) is 0 Å². The standard InChI is InChI=1S/C20H33N5O4.C11H10BrN/c1-6-20(5)9-11-24(19(20)29)15(12(2)3)17(27)22-13(4)18(28)25-10-7-8-14(23-25)16(21)26;1-2-10-6-4-8-3-5-9(12)7-11(8)13-10/h6,12-15,23H,1,7-11H2,2-5H3,(H2,21,26)(H,22,27);3-7H,2H2,1H3. The number of nitrogens with zero attached hydrogens (tertiary/aromatic N) is 3. The lowest BCUT2D eigenvalue weighted by Crippen LogP contribution is -2.61. The SMILES string of the molecule is C=CC1(C)CCN(C(C(=O)NC(C)C(=O)N2CCCC(C(N)=O)N2)C(C)C)C1=O.CCc1ccc2ccc(Br)cc2n1. The van der Waals surface area contributed by atoms with Crippen LogP contribution in [0.15, 0.2) is 47.5 Å². The second kappa shape index (κ2) is 14.2. The fourth-order valence-corrected chi connectivity index (χ4v) is 5.57. The van der Waals surface area contributed by atoms with Crippen molar-refractivity contribution < 1.29 is 19.2 Å². The van der Waals surface area contributed by atoms with Crippen molar-refractivity contribution in [2.45, 2.75) is 78.4 Å². The molecular weight excluding hydrogens is 600 g/mol. The lowest BCUT2D eigenvalue weighted by molar-refractivity contribution is -0.145. The van der Waals surface area contributed by atoms with Crippen LogP contribution < -0.4 is 16.5 Å². The maximum Gasteiger partial charge on any atom is 0.258 e. The minimum absolute atomic E-state index is 0.123. The van der Waals surface area contributed by atoms with Gasteiger partial charge in [-0.3, -0.25) is 29.2 Å². The van der Waals surface area contributed by atoms with Crippen molar-refractivity contribution in [3.63, 3.8) is 0 Å². The number of benzene rings is 1. The predicted octanol–water partition coefficient (Wildman–Crippen LogP) is 3.48. The molecule has 0 spiro atoms. The van der Waals surface area contributed by atoms with Crippen LogP contribution >= 0.6 is 15.9 Å². The van der Waals surface area contributed by atoms with E-state index in [1.165, 1.54) is 10.4 Å². The lowest BCUT2D eigenvalue weighted by atomic mass is 9.89. The summed E-state index contributed by atoms with van der Waals surface area (Å²) in [7, 11) is 0. The maximum atomic E-state index is 13.0. The van der Waals surface area contributed by atoms with E-state index in [-0.39, 0.29) is 23.6 Å². The van der Waals surface area contributed by atoms with E-state index in [1.807, 2.05) is 26.8 Å². The molecule has 4 rings (SSSR count). The summed E-state index contributed by atoms with van der Waals surface area (Å²) in [5.41, 5.74) is 9.68. The molecule has 10 nitrogen and oxygen atoms in total. The zero-order chi connectivity index (χ0) is 31.2. The van der Waals surface area contributed by atoms with E-state index in [2.05, 4.69) is 69.4 Å². The highest BCUT2D eigenvalue weighted by Gasteiger charge is 2.46. The quantitative estimate of drug-likeness (QED) is 0.377. The van der Waals surface area contributed by atoms with Gasteiger partial charge >= 0.3 is 0 Å². The number of fused-ring (bicyclic) bond motifs is 1. The summed E-state index contributed by atoms with van der Waals surface area (Å²) in [5.74, 6) is -1.48. The first-order valence-electron chi connectivity index (χ1n) is 14.5. The highest BCUT2D eigenvalue weighted by Crippen LogP contribution is 2.35. The Hall–Kier alpha value is -3.31. The van der Waals surface area contributed by atoms with Crippen LogP contribution in [0.2, 0.25) is 0 Å². The van der Waals surface area contributed by atoms with Crippen molar-refractivity contribution in [2.75, 3.05) is 13.1 Å². The van der Waals surface area contributed by atoms with Crippen LogP contribution in [0.5, 0.6) is 0 Å². The van der Waals surface area contributed by atoms with Crippen LogP contribution in [0.1, 0.15) is 59.6 Å². The van der Waals surface area contributed by atoms with Crippen molar-refractivity contribution in [1.82, 2.24) is 25.6 Å². The Morgan fingerprint density at radius 3 is 2.52 bits per heavy atom. The smallest absolute Gasteiger partial charge is 0.258 e. The molecule has 0 aliphatic carbocycles. The average Bonchev–Trinajstić information content (AvgIpc) is 3.26. The number of halogens is 1. The largest absolute Gasteiger partial charge is 0.368 e. The van der Waals surface area contributed by atoms with Gasteiger partial charge in [0, 0.05) is 28.6 Å². The van der Waals surface area contributed by atoms with Gasteiger partial charge in [0.25, 0.3) is 5.91 Å². The Labute approximate surface area is 256 Å². The summed E-state index contributed by atoms with van der Waals surface area (Å²) in [6, 6.07) is 8.27. The monoisotopic (exact) mass is 642 g/mol. The van der Waals surface area contributed by atoms with Gasteiger partial charge in [-0.25, -0.2) is 5.43 Å². The molecule has 2 fully saturated rings. The number of hydrogen-bond donors (Lipinski definition) is 3. The van der Waals surface area contributed by atoms with Gasteiger partial charge in [-0.1, -0.05) is 54.9 Å². The zero-order valence-corrected chi connectivity index (χ0v) is 26.7. The third-order valence-electron chi connectivity index (χ3n) is 7.91. The number of rotatable bonds is 8. The molecule has 2 aliphatic rings. The summed E-state index contributed by atoms with van der Waals surface area (Å²) in [6.07, 6.45) is 4.43. The molecule has 4 N–H and O–H groups in total. The second-order valence-corrected chi connectivity index (χ2v) is 12.4. The Kier molecular flexibility index (Phi) is 11.3. The van der Waals surface area contributed by atoms with E-state index >= 15 is 0 Å². The van der Waals surface area contributed by atoms with Crippen LogP contribution in [0.25, 0.3) is 10.9 Å². The summed E-state index contributed by atoms with van der Waals surface area (Å²) in [4.78, 5) is 56.1. The van der Waals surface area contributed by atoms with Crippen molar-refractivity contribution in [2.24, 2.45) is 17.1 Å². The number of aryl methyl sites for hydroxylation is 1. The van der Waals surface area contributed by atoms with E-state index < -0.39 is 29.4 Å². The van der Waals surface area contributed by atoms with Crippen LogP contribution in [0, 0.1) is 11.3 Å².